The second kappa shape index (κ2) is 8.99. The first-order valence-corrected chi connectivity index (χ1v) is 11.3. The van der Waals surface area contributed by atoms with Crippen LogP contribution in [0.1, 0.15) is 32.8 Å². The Hall–Kier alpha value is -3.41. The molecule has 0 unspecified atom stereocenters. The number of hydrogen-bond donors (Lipinski definition) is 2. The summed E-state index contributed by atoms with van der Waals surface area (Å²) in [4.78, 5) is 28.1. The van der Waals surface area contributed by atoms with Crippen molar-refractivity contribution in [2.24, 2.45) is 5.73 Å². The number of nitriles is 1. The van der Waals surface area contributed by atoms with Crippen LogP contribution in [0.15, 0.2) is 41.8 Å². The first-order chi connectivity index (χ1) is 15.4. The van der Waals surface area contributed by atoms with Crippen LogP contribution in [0.2, 0.25) is 0 Å². The van der Waals surface area contributed by atoms with Gasteiger partial charge in [0.25, 0.3) is 0 Å². The molecule has 3 N–H and O–H groups in total. The lowest BCUT2D eigenvalue weighted by atomic mass is 9.93. The number of aromatic nitrogens is 1. The smallest absolute Gasteiger partial charge is 0.239 e. The van der Waals surface area contributed by atoms with Gasteiger partial charge in [-0.1, -0.05) is 30.3 Å². The minimum atomic E-state index is -0.549. The molecule has 1 aliphatic heterocycles. The molecule has 2 aromatic heterocycles. The number of carbonyl (C=O) groups is 2. The summed E-state index contributed by atoms with van der Waals surface area (Å²) in [5, 5.41) is 14.7. The van der Waals surface area contributed by atoms with Gasteiger partial charge >= 0.3 is 0 Å². The van der Waals surface area contributed by atoms with E-state index in [0.717, 1.165) is 27.3 Å². The minimum Gasteiger partial charge on any atom is -0.368 e. The van der Waals surface area contributed by atoms with Crippen LogP contribution in [0.4, 0.5) is 5.82 Å². The first-order valence-electron chi connectivity index (χ1n) is 10.4. The van der Waals surface area contributed by atoms with Crippen LogP contribution in [-0.4, -0.2) is 33.9 Å². The fourth-order valence-electron chi connectivity index (χ4n) is 4.27. The highest BCUT2D eigenvalue weighted by molar-refractivity contribution is 7.09. The van der Waals surface area contributed by atoms with Crippen molar-refractivity contribution in [2.75, 3.05) is 11.9 Å². The summed E-state index contributed by atoms with van der Waals surface area (Å²) in [7, 11) is 0. The van der Waals surface area contributed by atoms with Gasteiger partial charge in [-0.25, -0.2) is 0 Å². The molecule has 164 valence electrons. The molecule has 2 amide bonds. The van der Waals surface area contributed by atoms with Crippen LogP contribution in [0.3, 0.4) is 0 Å². The van der Waals surface area contributed by atoms with E-state index in [4.69, 9.17) is 5.73 Å². The molecule has 1 aromatic carbocycles. The predicted molar refractivity (Wildman–Crippen MR) is 124 cm³/mol. The van der Waals surface area contributed by atoms with Crippen LogP contribution in [0.25, 0.3) is 0 Å². The number of amides is 2. The normalized spacial score (nSPS) is 15.7. The van der Waals surface area contributed by atoms with E-state index in [0.29, 0.717) is 30.9 Å². The van der Waals surface area contributed by atoms with E-state index in [-0.39, 0.29) is 12.5 Å². The Labute approximate surface area is 191 Å². The SMILES string of the molecule is Cc1c(C#N)c(NC(=O)CN2Cc3ccccc3C[C@@H]2C(N)=O)n(Cc2cccs2)c1C. The van der Waals surface area contributed by atoms with E-state index in [1.54, 1.807) is 16.2 Å². The number of nitrogens with one attached hydrogen (secondary N) is 1. The van der Waals surface area contributed by atoms with E-state index < -0.39 is 11.9 Å². The van der Waals surface area contributed by atoms with Crippen molar-refractivity contribution in [3.63, 3.8) is 0 Å². The van der Waals surface area contributed by atoms with Crippen molar-refractivity contribution >= 4 is 29.0 Å². The summed E-state index contributed by atoms with van der Waals surface area (Å²) in [6, 6.07) is 13.6. The minimum absolute atomic E-state index is 0.00901. The molecule has 0 spiro atoms. The highest BCUT2D eigenvalue weighted by atomic mass is 32.1. The average Bonchev–Trinajstić information content (AvgIpc) is 3.36. The second-order valence-corrected chi connectivity index (χ2v) is 9.09. The summed E-state index contributed by atoms with van der Waals surface area (Å²) in [5.74, 6) is -0.233. The molecule has 8 heteroatoms. The van der Waals surface area contributed by atoms with Crippen molar-refractivity contribution < 1.29 is 9.59 Å². The zero-order valence-corrected chi connectivity index (χ0v) is 18.9. The van der Waals surface area contributed by atoms with Crippen molar-refractivity contribution in [3.05, 3.63) is 74.6 Å². The molecule has 0 fully saturated rings. The molecule has 0 saturated heterocycles. The fourth-order valence-corrected chi connectivity index (χ4v) is 4.96. The molecule has 1 aliphatic rings. The quantitative estimate of drug-likeness (QED) is 0.606. The van der Waals surface area contributed by atoms with Gasteiger partial charge in [0.2, 0.25) is 11.8 Å². The Morgan fingerprint density at radius 3 is 2.62 bits per heavy atom. The van der Waals surface area contributed by atoms with Crippen molar-refractivity contribution in [2.45, 2.75) is 39.4 Å². The summed E-state index contributed by atoms with van der Waals surface area (Å²) >= 11 is 1.63. The first kappa shape index (κ1) is 21.8. The van der Waals surface area contributed by atoms with Gasteiger partial charge in [0.1, 0.15) is 11.9 Å². The Morgan fingerprint density at radius 1 is 1.22 bits per heavy atom. The number of rotatable bonds is 6. The molecule has 0 radical (unpaired) electrons. The maximum absolute atomic E-state index is 13.1. The van der Waals surface area contributed by atoms with E-state index in [9.17, 15) is 14.9 Å². The Kier molecular flexibility index (Phi) is 6.12. The zero-order chi connectivity index (χ0) is 22.8. The molecular formula is C24H25N5O2S. The summed E-state index contributed by atoms with van der Waals surface area (Å²) < 4.78 is 1.97. The topological polar surface area (TPSA) is 104 Å². The van der Waals surface area contributed by atoms with Gasteiger partial charge in [-0.05, 0) is 48.4 Å². The van der Waals surface area contributed by atoms with Crippen LogP contribution in [-0.2, 0) is 29.1 Å². The maximum atomic E-state index is 13.1. The number of benzene rings is 1. The number of hydrogen-bond acceptors (Lipinski definition) is 5. The molecular weight excluding hydrogens is 422 g/mol. The third-order valence-electron chi connectivity index (χ3n) is 6.11. The number of fused-ring (bicyclic) bond motifs is 1. The van der Waals surface area contributed by atoms with Gasteiger partial charge < -0.3 is 15.6 Å². The molecule has 3 aromatic rings. The Bertz CT molecular complexity index is 1210. The standard InChI is InChI=1S/C24H25N5O2S/c1-15-16(2)29(13-19-8-5-9-32-19)24(20(15)11-25)27-22(30)14-28-12-18-7-4-3-6-17(18)10-21(28)23(26)31/h3-9,21H,10,12-14H2,1-2H3,(H2,26,31)(H,27,30)/t21-/m1/s1. The van der Waals surface area contributed by atoms with E-state index in [1.807, 2.05) is 60.2 Å². The lowest BCUT2D eigenvalue weighted by Gasteiger charge is -2.34. The van der Waals surface area contributed by atoms with Crippen molar-refractivity contribution in [1.29, 1.82) is 5.26 Å². The number of thiophene rings is 1. The maximum Gasteiger partial charge on any atom is 0.239 e. The highest BCUT2D eigenvalue weighted by Gasteiger charge is 2.31. The lowest BCUT2D eigenvalue weighted by molar-refractivity contribution is -0.125. The van der Waals surface area contributed by atoms with Gasteiger partial charge in [0, 0.05) is 17.1 Å². The molecule has 1 atom stereocenters. The lowest BCUT2D eigenvalue weighted by Crippen LogP contribution is -2.51. The van der Waals surface area contributed by atoms with E-state index in [1.165, 1.54) is 0 Å². The third-order valence-corrected chi connectivity index (χ3v) is 6.98. The van der Waals surface area contributed by atoms with Gasteiger partial charge in [-0.15, -0.1) is 11.3 Å². The van der Waals surface area contributed by atoms with Gasteiger partial charge in [-0.3, -0.25) is 14.5 Å². The largest absolute Gasteiger partial charge is 0.368 e. The molecule has 32 heavy (non-hydrogen) atoms. The second-order valence-electron chi connectivity index (χ2n) is 8.06. The van der Waals surface area contributed by atoms with Crippen molar-refractivity contribution in [3.8, 4) is 6.07 Å². The molecule has 0 bridgehead atoms. The molecule has 0 saturated carbocycles. The number of nitrogens with two attached hydrogens (primary N) is 1. The number of primary amides is 1. The zero-order valence-electron chi connectivity index (χ0n) is 18.1. The van der Waals surface area contributed by atoms with E-state index in [2.05, 4.69) is 11.4 Å². The van der Waals surface area contributed by atoms with Crippen molar-refractivity contribution in [1.82, 2.24) is 9.47 Å². The molecule has 7 nitrogen and oxygen atoms in total. The average molecular weight is 448 g/mol. The summed E-state index contributed by atoms with van der Waals surface area (Å²) in [6.45, 7) is 4.89. The monoisotopic (exact) mass is 447 g/mol. The van der Waals surface area contributed by atoms with Gasteiger partial charge in [0.05, 0.1) is 24.7 Å². The molecule has 0 aliphatic carbocycles. The number of carbonyl (C=O) groups excluding carboxylic acids is 2. The van der Waals surface area contributed by atoms with Gasteiger partial charge in [0.15, 0.2) is 0 Å². The van der Waals surface area contributed by atoms with Crippen LogP contribution < -0.4 is 11.1 Å². The summed E-state index contributed by atoms with van der Waals surface area (Å²) in [6.07, 6.45) is 0.481. The fraction of sp³-hybridized carbons (Fsp3) is 0.292. The molecule has 4 rings (SSSR count). The van der Waals surface area contributed by atoms with Gasteiger partial charge in [-0.2, -0.15) is 5.26 Å². The predicted octanol–water partition coefficient (Wildman–Crippen LogP) is 2.94. The Morgan fingerprint density at radius 2 is 1.97 bits per heavy atom. The van der Waals surface area contributed by atoms with Crippen LogP contribution in [0, 0.1) is 25.2 Å². The highest BCUT2D eigenvalue weighted by Crippen LogP contribution is 2.29. The third kappa shape index (κ3) is 4.17. The Balaban J connectivity index is 1.58. The van der Waals surface area contributed by atoms with Crippen LogP contribution >= 0.6 is 11.3 Å². The van der Waals surface area contributed by atoms with Crippen LogP contribution in [0.5, 0.6) is 0 Å². The number of nitrogens with zero attached hydrogens (tertiary/aromatic N) is 3. The number of anilines is 1. The molecule has 3 heterocycles. The van der Waals surface area contributed by atoms with E-state index >= 15 is 0 Å². The summed E-state index contributed by atoms with van der Waals surface area (Å²) in [5.41, 5.74) is 10.1.